The largest absolute Gasteiger partial charge is 0.496 e. The zero-order valence-electron chi connectivity index (χ0n) is 13.1. The Morgan fingerprint density at radius 1 is 1.14 bits per heavy atom. The molecule has 0 aliphatic carbocycles. The first-order valence-electron chi connectivity index (χ1n) is 8.02. The molecular weight excluding hydrogens is 274 g/mol. The third-order valence-electron chi connectivity index (χ3n) is 4.31. The molecule has 2 heterocycles. The zero-order valence-corrected chi connectivity index (χ0v) is 13.1. The number of ether oxygens (including phenoxy) is 1. The summed E-state index contributed by atoms with van der Waals surface area (Å²) in [6.07, 6.45) is 8.26. The maximum atomic E-state index is 5.49. The first-order chi connectivity index (χ1) is 10.9. The lowest BCUT2D eigenvalue weighted by Crippen LogP contribution is -2.15. The van der Waals surface area contributed by atoms with Gasteiger partial charge >= 0.3 is 0 Å². The number of nitrogens with one attached hydrogen (secondary N) is 1. The SMILES string of the molecule is COc1ccccc1-c1nccnc1C[C@H]1CCCNCC1. The minimum atomic E-state index is 0.681. The van der Waals surface area contributed by atoms with Gasteiger partial charge in [-0.2, -0.15) is 0 Å². The molecule has 1 atom stereocenters. The average molecular weight is 297 g/mol. The predicted molar refractivity (Wildman–Crippen MR) is 87.9 cm³/mol. The van der Waals surface area contributed by atoms with E-state index in [1.807, 2.05) is 18.2 Å². The Morgan fingerprint density at radius 2 is 2.00 bits per heavy atom. The van der Waals surface area contributed by atoms with Crippen LogP contribution in [0.5, 0.6) is 5.75 Å². The van der Waals surface area contributed by atoms with Gasteiger partial charge in [0.15, 0.2) is 0 Å². The quantitative estimate of drug-likeness (QED) is 0.942. The second kappa shape index (κ2) is 7.36. The molecule has 22 heavy (non-hydrogen) atoms. The van der Waals surface area contributed by atoms with E-state index in [9.17, 15) is 0 Å². The van der Waals surface area contributed by atoms with Crippen LogP contribution in [0.25, 0.3) is 11.3 Å². The molecule has 0 spiro atoms. The Bertz CT molecular complexity index is 607. The van der Waals surface area contributed by atoms with Crippen LogP contribution in [0.3, 0.4) is 0 Å². The molecule has 2 aromatic rings. The third-order valence-corrected chi connectivity index (χ3v) is 4.31. The molecule has 116 valence electrons. The smallest absolute Gasteiger partial charge is 0.128 e. The topological polar surface area (TPSA) is 47.0 Å². The Hall–Kier alpha value is -1.94. The van der Waals surface area contributed by atoms with Gasteiger partial charge in [-0.1, -0.05) is 12.1 Å². The van der Waals surface area contributed by atoms with Gasteiger partial charge < -0.3 is 10.1 Å². The first kappa shape index (κ1) is 15.0. The second-order valence-electron chi connectivity index (χ2n) is 5.80. The van der Waals surface area contributed by atoms with Crippen molar-refractivity contribution < 1.29 is 4.74 Å². The van der Waals surface area contributed by atoms with Crippen molar-refractivity contribution in [1.82, 2.24) is 15.3 Å². The van der Waals surface area contributed by atoms with Crippen LogP contribution in [0.2, 0.25) is 0 Å². The van der Waals surface area contributed by atoms with Crippen LogP contribution in [0.1, 0.15) is 25.0 Å². The molecule has 1 saturated heterocycles. The number of hydrogen-bond acceptors (Lipinski definition) is 4. The Balaban J connectivity index is 1.89. The van der Waals surface area contributed by atoms with Gasteiger partial charge in [-0.15, -0.1) is 0 Å². The fraction of sp³-hybridized carbons (Fsp3) is 0.444. The number of benzene rings is 1. The molecule has 1 aliphatic heterocycles. The third kappa shape index (κ3) is 3.45. The van der Waals surface area contributed by atoms with E-state index in [-0.39, 0.29) is 0 Å². The van der Waals surface area contributed by atoms with Crippen LogP contribution in [0, 0.1) is 5.92 Å². The summed E-state index contributed by atoms with van der Waals surface area (Å²) < 4.78 is 5.49. The van der Waals surface area contributed by atoms with Crippen molar-refractivity contribution in [1.29, 1.82) is 0 Å². The molecule has 1 N–H and O–H groups in total. The maximum Gasteiger partial charge on any atom is 0.128 e. The number of para-hydroxylation sites is 1. The van der Waals surface area contributed by atoms with Gasteiger partial charge in [0.05, 0.1) is 18.5 Å². The summed E-state index contributed by atoms with van der Waals surface area (Å²) in [6.45, 7) is 2.24. The van der Waals surface area contributed by atoms with Gasteiger partial charge in [-0.25, -0.2) is 0 Å². The van der Waals surface area contributed by atoms with Gasteiger partial charge in [0.1, 0.15) is 5.75 Å². The second-order valence-corrected chi connectivity index (χ2v) is 5.80. The molecule has 1 aliphatic rings. The fourth-order valence-corrected chi connectivity index (χ4v) is 3.15. The summed E-state index contributed by atoms with van der Waals surface area (Å²) in [4.78, 5) is 9.21. The minimum Gasteiger partial charge on any atom is -0.496 e. The fourth-order valence-electron chi connectivity index (χ4n) is 3.15. The van der Waals surface area contributed by atoms with E-state index in [4.69, 9.17) is 4.74 Å². The summed E-state index contributed by atoms with van der Waals surface area (Å²) in [5.74, 6) is 1.53. The Labute approximate surface area is 132 Å². The molecule has 0 saturated carbocycles. The number of nitrogens with zero attached hydrogens (tertiary/aromatic N) is 2. The van der Waals surface area contributed by atoms with Crippen LogP contribution >= 0.6 is 0 Å². The lowest BCUT2D eigenvalue weighted by atomic mass is 9.93. The van der Waals surface area contributed by atoms with Gasteiger partial charge in [-0.05, 0) is 56.8 Å². The zero-order chi connectivity index (χ0) is 15.2. The van der Waals surface area contributed by atoms with Gasteiger partial charge in [0, 0.05) is 18.0 Å². The summed E-state index contributed by atoms with van der Waals surface area (Å²) in [7, 11) is 1.70. The molecule has 0 bridgehead atoms. The molecular formula is C18H23N3O. The van der Waals surface area contributed by atoms with Crippen molar-refractivity contribution in [3.63, 3.8) is 0 Å². The highest BCUT2D eigenvalue weighted by atomic mass is 16.5. The summed E-state index contributed by atoms with van der Waals surface area (Å²) >= 11 is 0. The molecule has 0 radical (unpaired) electrons. The number of rotatable bonds is 4. The van der Waals surface area contributed by atoms with Gasteiger partial charge in [-0.3, -0.25) is 9.97 Å². The van der Waals surface area contributed by atoms with Crippen molar-refractivity contribution in [3.8, 4) is 17.0 Å². The first-order valence-corrected chi connectivity index (χ1v) is 8.02. The lowest BCUT2D eigenvalue weighted by molar-refractivity contribution is 0.416. The van der Waals surface area contributed by atoms with Crippen molar-refractivity contribution in [2.45, 2.75) is 25.7 Å². The van der Waals surface area contributed by atoms with Crippen molar-refractivity contribution >= 4 is 0 Å². The standard InChI is InChI=1S/C18H23N3O/c1-22-17-7-3-2-6-15(17)18-16(20-11-12-21-18)13-14-5-4-9-19-10-8-14/h2-3,6-7,11-12,14,19H,4-5,8-10,13H2,1H3/t14-/m0/s1. The average Bonchev–Trinajstić information content (AvgIpc) is 2.84. The predicted octanol–water partition coefficient (Wildman–Crippen LogP) is 3.08. The van der Waals surface area contributed by atoms with Gasteiger partial charge in [0.25, 0.3) is 0 Å². The molecule has 1 aromatic heterocycles. The Morgan fingerprint density at radius 3 is 2.91 bits per heavy atom. The highest BCUT2D eigenvalue weighted by Gasteiger charge is 2.18. The van der Waals surface area contributed by atoms with Gasteiger partial charge in [0.2, 0.25) is 0 Å². The van der Waals surface area contributed by atoms with E-state index < -0.39 is 0 Å². The van der Waals surface area contributed by atoms with Crippen molar-refractivity contribution in [3.05, 3.63) is 42.4 Å². The van der Waals surface area contributed by atoms with Crippen LogP contribution in [0.4, 0.5) is 0 Å². The maximum absolute atomic E-state index is 5.49. The molecule has 1 aromatic carbocycles. The highest BCUT2D eigenvalue weighted by Crippen LogP contribution is 2.31. The number of hydrogen-bond donors (Lipinski definition) is 1. The van der Waals surface area contributed by atoms with E-state index in [1.54, 1.807) is 19.5 Å². The van der Waals surface area contributed by atoms with Crippen LogP contribution in [-0.4, -0.2) is 30.2 Å². The van der Waals surface area contributed by atoms with Crippen molar-refractivity contribution in [2.24, 2.45) is 5.92 Å². The number of aromatic nitrogens is 2. The Kier molecular flexibility index (Phi) is 5.01. The summed E-state index contributed by atoms with van der Waals surface area (Å²) in [5.41, 5.74) is 3.07. The molecule has 4 heteroatoms. The van der Waals surface area contributed by atoms with E-state index in [2.05, 4.69) is 21.4 Å². The monoisotopic (exact) mass is 297 g/mol. The van der Waals surface area contributed by atoms with Crippen LogP contribution in [0.15, 0.2) is 36.7 Å². The molecule has 0 amide bonds. The molecule has 4 nitrogen and oxygen atoms in total. The normalized spacial score (nSPS) is 18.7. The van der Waals surface area contributed by atoms with Crippen LogP contribution < -0.4 is 10.1 Å². The lowest BCUT2D eigenvalue weighted by Gasteiger charge is -2.16. The van der Waals surface area contributed by atoms with Crippen LogP contribution in [-0.2, 0) is 6.42 Å². The molecule has 1 fully saturated rings. The van der Waals surface area contributed by atoms with E-state index in [1.165, 1.54) is 19.3 Å². The van der Waals surface area contributed by atoms with Crippen molar-refractivity contribution in [2.75, 3.05) is 20.2 Å². The minimum absolute atomic E-state index is 0.681. The van der Waals surface area contributed by atoms with E-state index in [0.717, 1.165) is 42.2 Å². The van der Waals surface area contributed by atoms with E-state index >= 15 is 0 Å². The highest BCUT2D eigenvalue weighted by molar-refractivity contribution is 5.68. The van der Waals surface area contributed by atoms with E-state index in [0.29, 0.717) is 5.92 Å². The number of methoxy groups -OCH3 is 1. The summed E-state index contributed by atoms with van der Waals surface area (Å²) in [6, 6.07) is 8.03. The molecule has 3 rings (SSSR count). The summed E-state index contributed by atoms with van der Waals surface area (Å²) in [5, 5.41) is 3.47. The molecule has 0 unspecified atom stereocenters.